The summed E-state index contributed by atoms with van der Waals surface area (Å²) in [5.41, 5.74) is 6.05. The monoisotopic (exact) mass is 938 g/mol. The molecule has 0 amide bonds. The number of hydrogen-bond donors (Lipinski definition) is 11. The quantitative estimate of drug-likeness (QED) is 0.177. The smallest absolute Gasteiger partial charge is 0.311 e. The van der Waals surface area contributed by atoms with Crippen molar-refractivity contribution >= 4 is 11.9 Å². The number of ether oxygens (including phenoxy) is 5. The van der Waals surface area contributed by atoms with E-state index in [-0.39, 0.29) is 38.0 Å². The van der Waals surface area contributed by atoms with Crippen molar-refractivity contribution in [3.63, 3.8) is 0 Å². The van der Waals surface area contributed by atoms with E-state index in [1.165, 1.54) is 7.11 Å². The summed E-state index contributed by atoms with van der Waals surface area (Å²) in [4.78, 5) is 25.2. The van der Waals surface area contributed by atoms with E-state index in [0.717, 1.165) is 0 Å². The summed E-state index contributed by atoms with van der Waals surface area (Å²) in [6.45, 7) is 6.79. The third-order valence-electron chi connectivity index (χ3n) is 12.4. The number of nitrogens with two attached hydrogens (primary N) is 1. The molecule has 0 saturated carbocycles. The number of aliphatic carboxylic acids is 1. The van der Waals surface area contributed by atoms with Crippen molar-refractivity contribution in [3.8, 4) is 0 Å². The maximum absolute atomic E-state index is 12.6. The summed E-state index contributed by atoms with van der Waals surface area (Å²) >= 11 is 0. The Balaban J connectivity index is 1.89. The molecule has 3 heterocycles. The number of cyclic esters (lactones) is 1. The van der Waals surface area contributed by atoms with Gasteiger partial charge in [-0.15, -0.1) is 0 Å². The molecule has 0 aromatic rings. The lowest BCUT2D eigenvalue weighted by Gasteiger charge is -2.47. The number of carboxylic acids is 1. The lowest BCUT2D eigenvalue weighted by atomic mass is 9.82. The fourth-order valence-electron chi connectivity index (χ4n) is 8.16. The summed E-state index contributed by atoms with van der Waals surface area (Å²) in [5.74, 6) is -6.12. The molecule has 0 aromatic carbocycles. The van der Waals surface area contributed by atoms with E-state index in [1.807, 2.05) is 37.3 Å². The van der Waals surface area contributed by atoms with Crippen molar-refractivity contribution in [2.45, 2.75) is 177 Å². The number of aliphatic hydroxyl groups excluding tert-OH is 9. The number of aliphatic hydroxyl groups is 9. The summed E-state index contributed by atoms with van der Waals surface area (Å²) in [5, 5.41) is 108. The van der Waals surface area contributed by atoms with Crippen LogP contribution in [0, 0.1) is 17.8 Å². The van der Waals surface area contributed by atoms with Crippen LogP contribution in [0.4, 0.5) is 0 Å². The Morgan fingerprint density at radius 3 is 1.82 bits per heavy atom. The molecule has 0 aliphatic carbocycles. The van der Waals surface area contributed by atoms with E-state index < -0.39 is 141 Å². The van der Waals surface area contributed by atoms with Crippen LogP contribution >= 0.6 is 0 Å². The van der Waals surface area contributed by atoms with Crippen molar-refractivity contribution in [1.82, 2.24) is 0 Å². The van der Waals surface area contributed by atoms with E-state index in [9.17, 15) is 60.7 Å². The van der Waals surface area contributed by atoms with Crippen LogP contribution in [0.3, 0.4) is 0 Å². The van der Waals surface area contributed by atoms with E-state index in [0.29, 0.717) is 0 Å². The first-order valence-corrected chi connectivity index (χ1v) is 22.7. The average molecular weight is 938 g/mol. The van der Waals surface area contributed by atoms with Gasteiger partial charge in [-0.1, -0.05) is 98.9 Å². The fraction of sp³-hybridized carbons (Fsp3) is 0.667. The molecular weight excluding hydrogens is 863 g/mol. The Kier molecular flexibility index (Phi) is 24.3. The lowest BCUT2D eigenvalue weighted by Crippen LogP contribution is -2.61. The zero-order valence-corrected chi connectivity index (χ0v) is 38.5. The van der Waals surface area contributed by atoms with Crippen molar-refractivity contribution < 1.29 is 84.3 Å². The topological polar surface area (TPSA) is 309 Å². The fourth-order valence-corrected chi connectivity index (χ4v) is 8.16. The maximum Gasteiger partial charge on any atom is 0.311 e. The minimum atomic E-state index is -1.78. The molecule has 12 N–H and O–H groups in total. The molecule has 19 atom stereocenters. The van der Waals surface area contributed by atoms with Gasteiger partial charge in [-0.05, 0) is 33.1 Å². The van der Waals surface area contributed by atoms with Crippen molar-refractivity contribution in [2.75, 3.05) is 7.11 Å². The lowest BCUT2D eigenvalue weighted by molar-refractivity contribution is -0.317. The molecule has 374 valence electrons. The van der Waals surface area contributed by atoms with Crippen LogP contribution in [0.2, 0.25) is 0 Å². The zero-order valence-electron chi connectivity index (χ0n) is 38.5. The van der Waals surface area contributed by atoms with Gasteiger partial charge >= 0.3 is 11.9 Å². The second-order valence-electron chi connectivity index (χ2n) is 17.7. The first-order chi connectivity index (χ1) is 31.2. The number of fused-ring (bicyclic) bond motifs is 2. The molecule has 3 aliphatic rings. The molecule has 18 nitrogen and oxygen atoms in total. The van der Waals surface area contributed by atoms with Crippen LogP contribution in [0.5, 0.6) is 0 Å². The molecule has 3 aliphatic heterocycles. The van der Waals surface area contributed by atoms with Gasteiger partial charge in [-0.25, -0.2) is 0 Å². The van der Waals surface area contributed by atoms with E-state index >= 15 is 0 Å². The number of hydrogen-bond acceptors (Lipinski definition) is 17. The highest BCUT2D eigenvalue weighted by Crippen LogP contribution is 2.40. The Hall–Kier alpha value is -3.44. The molecule has 18 heteroatoms. The van der Waals surface area contributed by atoms with E-state index in [4.69, 9.17) is 29.4 Å². The summed E-state index contributed by atoms with van der Waals surface area (Å²) in [7, 11) is 1.25. The highest BCUT2D eigenvalue weighted by Gasteiger charge is 2.52. The molecular formula is C48H75NO17. The number of methoxy groups -OCH3 is 1. The van der Waals surface area contributed by atoms with Gasteiger partial charge in [0, 0.05) is 44.6 Å². The number of allylic oxidation sites excluding steroid dienone is 12. The number of carbonyl (C=O) groups excluding carboxylic acids is 1. The number of rotatable bonds is 4. The molecule has 0 aromatic heterocycles. The molecule has 2 bridgehead atoms. The summed E-state index contributed by atoms with van der Waals surface area (Å²) < 4.78 is 29.3. The van der Waals surface area contributed by atoms with Crippen LogP contribution in [0.15, 0.2) is 85.1 Å². The third-order valence-corrected chi connectivity index (χ3v) is 12.4. The minimum absolute atomic E-state index is 0.0813. The highest BCUT2D eigenvalue weighted by molar-refractivity contribution is 5.71. The van der Waals surface area contributed by atoms with Crippen molar-refractivity contribution in [2.24, 2.45) is 23.5 Å². The molecule has 3 rings (SSSR count). The Morgan fingerprint density at radius 1 is 0.667 bits per heavy atom. The van der Waals surface area contributed by atoms with Crippen LogP contribution in [-0.4, -0.2) is 168 Å². The molecule has 4 unspecified atom stereocenters. The Labute approximate surface area is 387 Å². The van der Waals surface area contributed by atoms with Gasteiger partial charge < -0.3 is 80.5 Å². The first kappa shape index (κ1) is 56.9. The van der Waals surface area contributed by atoms with Gasteiger partial charge in [-0.3, -0.25) is 9.59 Å². The largest absolute Gasteiger partial charge is 0.481 e. The van der Waals surface area contributed by atoms with E-state index in [1.54, 1.807) is 75.5 Å². The van der Waals surface area contributed by atoms with Crippen LogP contribution in [-0.2, 0) is 33.3 Å². The summed E-state index contributed by atoms with van der Waals surface area (Å²) in [6.07, 6.45) is 5.15. The molecule has 0 spiro atoms. The molecule has 2 fully saturated rings. The third kappa shape index (κ3) is 18.2. The zero-order chi connectivity index (χ0) is 49.1. The Morgan fingerprint density at radius 2 is 1.24 bits per heavy atom. The van der Waals surface area contributed by atoms with Gasteiger partial charge in [0.1, 0.15) is 18.1 Å². The normalized spacial score (nSPS) is 45.0. The maximum atomic E-state index is 12.6. The van der Waals surface area contributed by atoms with Gasteiger partial charge in [-0.2, -0.15) is 0 Å². The van der Waals surface area contributed by atoms with Crippen molar-refractivity contribution in [3.05, 3.63) is 85.1 Å². The van der Waals surface area contributed by atoms with Gasteiger partial charge in [0.25, 0.3) is 0 Å². The second-order valence-corrected chi connectivity index (χ2v) is 17.7. The van der Waals surface area contributed by atoms with Gasteiger partial charge in [0.15, 0.2) is 12.1 Å². The van der Waals surface area contributed by atoms with Crippen molar-refractivity contribution in [1.29, 1.82) is 0 Å². The van der Waals surface area contributed by atoms with E-state index in [2.05, 4.69) is 0 Å². The predicted molar refractivity (Wildman–Crippen MR) is 242 cm³/mol. The molecule has 66 heavy (non-hydrogen) atoms. The average Bonchev–Trinajstić information content (AvgIpc) is 3.24. The molecule has 2 saturated heterocycles. The van der Waals surface area contributed by atoms with Crippen LogP contribution < -0.4 is 5.73 Å². The van der Waals surface area contributed by atoms with Crippen LogP contribution in [0.1, 0.15) is 79.1 Å². The predicted octanol–water partition coefficient (Wildman–Crippen LogP) is 1.37. The SMILES string of the molecule is CO[C@]12C[C@@H](O)C[C@@H](O)[C@H](O)CC[C@@H](O)C[C@@H](O)CC(=O)OC(C)C(C)[C@H](O)C(C)/C=C/C=C/C=C/C=C/C=C/C=C/C=C/[C@H](O[C@@H]3O[C@H](C)[C@@H](O)[C@H](N)[C@@H]3O)C[C@H](O1)C(C(=O)O)[C@@H](O)C2. The number of esters is 1. The first-order valence-electron chi connectivity index (χ1n) is 22.7. The number of carbonyl (C=O) groups is 2. The van der Waals surface area contributed by atoms with Gasteiger partial charge in [0.05, 0.1) is 79.6 Å². The second kappa shape index (κ2) is 28.1. The minimum Gasteiger partial charge on any atom is -0.481 e. The Bertz CT molecular complexity index is 1680. The number of carboxylic acid groups (broad SMARTS) is 1. The standard InChI is InChI=1S/C48H75NO17/c1-28-18-16-14-12-10-8-6-7-9-11-13-15-17-19-35(65-47-45(59)42(49)44(58)31(4)64-47)25-39-41(46(60)61)38(55)27-48(62-5,66-39)26-34(52)23-37(54)36(53)21-20-32(50)22-33(51)24-40(56)63-30(3)29(2)43(28)57/h6-19,28-39,41-45,47,50-55,57-59H,20-27,49H2,1-5H3,(H,60,61)/b7-6+,10-8+,11-9+,14-12+,15-13+,18-16+,19-17+/t28?,29?,30?,31-,32-,33-,34+,35+,36-,37-,38+,39+,41?,42+,43-,44-,45+,47+,48-/m1/s1. The highest BCUT2D eigenvalue weighted by atomic mass is 16.7. The molecule has 0 radical (unpaired) electrons. The van der Waals surface area contributed by atoms with Crippen LogP contribution in [0.25, 0.3) is 0 Å². The van der Waals surface area contributed by atoms with Gasteiger partial charge in [0.2, 0.25) is 0 Å². The summed E-state index contributed by atoms with van der Waals surface area (Å²) in [6, 6.07) is -1.13.